The van der Waals surface area contributed by atoms with Gasteiger partial charge >= 0.3 is 0 Å². The Bertz CT molecular complexity index is 1660. The van der Waals surface area contributed by atoms with Crippen molar-refractivity contribution in [2.75, 3.05) is 45.0 Å². The first kappa shape index (κ1) is 33.0. The summed E-state index contributed by atoms with van der Waals surface area (Å²) >= 11 is 0. The third-order valence-electron chi connectivity index (χ3n) is 11.5. The fourth-order valence-electron chi connectivity index (χ4n) is 9.10. The number of rotatable bonds is 7. The van der Waals surface area contributed by atoms with Crippen molar-refractivity contribution in [2.24, 2.45) is 22.5 Å². The molecule has 6 rings (SSSR count). The van der Waals surface area contributed by atoms with Crippen molar-refractivity contribution in [3.8, 4) is 5.75 Å². The third kappa shape index (κ3) is 4.84. The molecule has 47 heavy (non-hydrogen) atoms. The van der Waals surface area contributed by atoms with E-state index in [9.17, 15) is 39.6 Å². The Morgan fingerprint density at radius 3 is 2.30 bits per heavy atom. The van der Waals surface area contributed by atoms with Crippen LogP contribution in [0.25, 0.3) is 5.76 Å². The number of fused-ring (bicyclic) bond motifs is 3. The van der Waals surface area contributed by atoms with E-state index in [0.717, 1.165) is 19.3 Å². The van der Waals surface area contributed by atoms with Crippen molar-refractivity contribution >= 4 is 40.5 Å². The van der Waals surface area contributed by atoms with E-state index in [1.165, 1.54) is 24.2 Å². The largest absolute Gasteiger partial charge is 0.508 e. The van der Waals surface area contributed by atoms with Crippen molar-refractivity contribution in [2.45, 2.75) is 76.0 Å². The Kier molecular flexibility index (Phi) is 7.76. The fraction of sp³-hybridized carbons (Fsp3) is 0.588. The Hall–Kier alpha value is -3.94. The van der Waals surface area contributed by atoms with Gasteiger partial charge in [-0.2, -0.15) is 0 Å². The summed E-state index contributed by atoms with van der Waals surface area (Å²) in [6.45, 7) is 1.75. The second-order valence-electron chi connectivity index (χ2n) is 15.0. The van der Waals surface area contributed by atoms with E-state index in [2.05, 4.69) is 10.6 Å². The molecule has 3 fully saturated rings. The van der Waals surface area contributed by atoms with E-state index in [1.54, 1.807) is 46.1 Å². The van der Waals surface area contributed by atoms with Gasteiger partial charge < -0.3 is 41.7 Å². The predicted molar refractivity (Wildman–Crippen MR) is 174 cm³/mol. The van der Waals surface area contributed by atoms with Gasteiger partial charge in [-0.15, -0.1) is 0 Å². The molecular weight excluding hydrogens is 606 g/mol. The molecule has 13 nitrogen and oxygen atoms in total. The Morgan fingerprint density at radius 1 is 1.06 bits per heavy atom. The number of hydrogen-bond acceptors (Lipinski definition) is 11. The summed E-state index contributed by atoms with van der Waals surface area (Å²) in [7, 11) is 6.66. The zero-order valence-corrected chi connectivity index (χ0v) is 27.6. The number of phenolic OH excluding ortho intramolecular Hbond substituents is 1. The summed E-state index contributed by atoms with van der Waals surface area (Å²) in [4.78, 5) is 56.4. The number of aliphatic hydroxyl groups is 3. The molecule has 0 bridgehead atoms. The monoisotopic (exact) mass is 651 g/mol. The van der Waals surface area contributed by atoms with Gasteiger partial charge in [0.1, 0.15) is 22.8 Å². The molecule has 8 N–H and O–H groups in total. The molecule has 254 valence electrons. The number of Topliss-reactive ketones (excluding diaryl/α,β-unsaturated/α-hetero) is 2. The van der Waals surface area contributed by atoms with Crippen molar-refractivity contribution in [1.82, 2.24) is 10.2 Å². The van der Waals surface area contributed by atoms with E-state index in [-0.39, 0.29) is 48.2 Å². The standard InChI is InChI=1S/C34H45N5O8/c1-32-13-17-20(38(2)3)11-19(37-21(40)15-36-16-7-10-33(12-16)8-6-9-33)26(41)22(17)27(42)24(32)30(45)34(47)18(14-32)25(39(4)5)28(43)23(29(34)44)31(35)46/h11,16,18,25,36,41-42,44,47H,6-10,12-15H2,1-5H3,(H2,35,46)(H,37,40)/t16?,18?,25-,32-,34+/m0/s1. The zero-order valence-electron chi connectivity index (χ0n) is 27.6. The highest BCUT2D eigenvalue weighted by molar-refractivity contribution is 6.24. The first-order valence-electron chi connectivity index (χ1n) is 16.2. The molecule has 0 heterocycles. The average molecular weight is 652 g/mol. The van der Waals surface area contributed by atoms with Crippen LogP contribution < -0.4 is 21.3 Å². The number of amides is 2. The van der Waals surface area contributed by atoms with Gasteiger partial charge in [0, 0.05) is 42.7 Å². The van der Waals surface area contributed by atoms with Gasteiger partial charge in [0.05, 0.1) is 23.8 Å². The first-order chi connectivity index (χ1) is 22.0. The van der Waals surface area contributed by atoms with Crippen LogP contribution in [0.5, 0.6) is 5.75 Å². The maximum Gasteiger partial charge on any atom is 0.255 e. The van der Waals surface area contributed by atoms with Crippen LogP contribution in [0, 0.1) is 16.7 Å². The van der Waals surface area contributed by atoms with E-state index in [4.69, 9.17) is 5.73 Å². The number of likely N-dealkylation sites (N-methyl/N-ethyl adjacent to an activating group) is 1. The van der Waals surface area contributed by atoms with Crippen LogP contribution in [0.4, 0.5) is 11.4 Å². The maximum atomic E-state index is 14.4. The normalized spacial score (nSPS) is 31.0. The van der Waals surface area contributed by atoms with Gasteiger partial charge in [-0.1, -0.05) is 13.3 Å². The number of nitrogens with zero attached hydrogens (tertiary/aromatic N) is 2. The Balaban J connectivity index is 1.39. The lowest BCUT2D eigenvalue weighted by Crippen LogP contribution is -2.67. The lowest BCUT2D eigenvalue weighted by atomic mass is 9.52. The number of aromatic hydroxyl groups is 1. The number of nitrogens with one attached hydrogen (secondary N) is 2. The van der Waals surface area contributed by atoms with Crippen LogP contribution in [0.1, 0.15) is 63.0 Å². The van der Waals surface area contributed by atoms with Crippen molar-refractivity contribution in [1.29, 1.82) is 0 Å². The first-order valence-corrected chi connectivity index (χ1v) is 16.2. The van der Waals surface area contributed by atoms with Crippen LogP contribution in [0.2, 0.25) is 0 Å². The smallest absolute Gasteiger partial charge is 0.255 e. The summed E-state index contributed by atoms with van der Waals surface area (Å²) < 4.78 is 0. The van der Waals surface area contributed by atoms with Crippen LogP contribution in [-0.4, -0.2) is 101 Å². The lowest BCUT2D eigenvalue weighted by Gasteiger charge is -2.54. The highest BCUT2D eigenvalue weighted by Crippen LogP contribution is 2.59. The molecule has 2 amide bonds. The SMILES string of the molecule is CN(C)c1cc(NC(=O)CNC2CCC3(CCC3)C2)c(O)c2c1C[C@@]1(C)CC3[C@H](N(C)C)C(=O)C(C(N)=O)=C(O)[C@@]3(O)C(=O)C1=C2O. The average Bonchev–Trinajstić information content (AvgIpc) is 3.40. The number of primary amides is 1. The molecule has 1 aromatic carbocycles. The molecule has 1 spiro atoms. The molecule has 0 saturated heterocycles. The van der Waals surface area contributed by atoms with Gasteiger partial charge in [0.25, 0.3) is 5.91 Å². The predicted octanol–water partition coefficient (Wildman–Crippen LogP) is 1.67. The minimum absolute atomic E-state index is 0.0337. The van der Waals surface area contributed by atoms with Crippen molar-refractivity contribution in [3.63, 3.8) is 0 Å². The van der Waals surface area contributed by atoms with Crippen LogP contribution in [0.3, 0.4) is 0 Å². The van der Waals surface area contributed by atoms with Crippen molar-refractivity contribution < 1.29 is 39.6 Å². The van der Waals surface area contributed by atoms with E-state index < -0.39 is 63.3 Å². The molecule has 1 aromatic rings. The summed E-state index contributed by atoms with van der Waals surface area (Å²) in [5, 5.41) is 52.6. The molecule has 13 heteroatoms. The summed E-state index contributed by atoms with van der Waals surface area (Å²) in [6, 6.07) is 0.686. The molecule has 0 radical (unpaired) electrons. The van der Waals surface area contributed by atoms with Gasteiger partial charge in [0.15, 0.2) is 11.4 Å². The highest BCUT2D eigenvalue weighted by atomic mass is 16.3. The zero-order chi connectivity index (χ0) is 34.4. The second kappa shape index (κ2) is 11.1. The number of anilines is 2. The number of aliphatic hydroxyl groups excluding tert-OH is 2. The van der Waals surface area contributed by atoms with Gasteiger partial charge in [-0.3, -0.25) is 24.1 Å². The topological polar surface area (TPSA) is 206 Å². The van der Waals surface area contributed by atoms with E-state index in [1.807, 2.05) is 0 Å². The number of ketones is 2. The van der Waals surface area contributed by atoms with Gasteiger partial charge in [0.2, 0.25) is 11.7 Å². The number of phenols is 1. The molecule has 0 aromatic heterocycles. The molecule has 3 saturated carbocycles. The summed E-state index contributed by atoms with van der Waals surface area (Å²) in [5.41, 5.74) is 1.84. The van der Waals surface area contributed by atoms with Crippen LogP contribution >= 0.6 is 0 Å². The number of carbonyl (C=O) groups excluding carboxylic acids is 4. The number of nitrogens with two attached hydrogens (primary N) is 1. The number of hydrogen-bond donors (Lipinski definition) is 7. The number of benzene rings is 1. The summed E-state index contributed by atoms with van der Waals surface area (Å²) in [5.74, 6) is -6.99. The minimum Gasteiger partial charge on any atom is -0.508 e. The summed E-state index contributed by atoms with van der Waals surface area (Å²) in [6.07, 6.45) is 7.03. The van der Waals surface area contributed by atoms with E-state index >= 15 is 0 Å². The minimum atomic E-state index is -2.75. The molecule has 5 aliphatic rings. The Morgan fingerprint density at radius 2 is 1.74 bits per heavy atom. The van der Waals surface area contributed by atoms with Gasteiger partial charge in [-0.05, 0) is 76.1 Å². The maximum absolute atomic E-state index is 14.4. The molecular formula is C34H45N5O8. The third-order valence-corrected chi connectivity index (χ3v) is 11.5. The van der Waals surface area contributed by atoms with Crippen LogP contribution in [0.15, 0.2) is 23.0 Å². The molecule has 2 unspecified atom stereocenters. The molecule has 0 aliphatic heterocycles. The Labute approximate surface area is 273 Å². The highest BCUT2D eigenvalue weighted by Gasteiger charge is 2.66. The van der Waals surface area contributed by atoms with Crippen LogP contribution in [-0.2, 0) is 25.6 Å². The van der Waals surface area contributed by atoms with Gasteiger partial charge in [-0.25, -0.2) is 0 Å². The lowest BCUT2D eigenvalue weighted by molar-refractivity contribution is -0.156. The molecule has 5 aliphatic carbocycles. The van der Waals surface area contributed by atoms with E-state index in [0.29, 0.717) is 16.7 Å². The fourth-order valence-corrected chi connectivity index (χ4v) is 9.10. The van der Waals surface area contributed by atoms with Crippen molar-refractivity contribution in [3.05, 3.63) is 34.1 Å². The molecule has 5 atom stereocenters. The second-order valence-corrected chi connectivity index (χ2v) is 15.0. The number of carbonyl (C=O) groups is 4. The quantitative estimate of drug-likeness (QED) is 0.167.